The molecule has 2 aromatic heterocycles. The lowest BCUT2D eigenvalue weighted by molar-refractivity contribution is 0.0905. The first kappa shape index (κ1) is 17.4. The Kier molecular flexibility index (Phi) is 5.74. The third kappa shape index (κ3) is 4.30. The molecule has 6 nitrogen and oxygen atoms in total. The Bertz CT molecular complexity index is 699. The molecule has 1 amide bonds. The number of amides is 1. The van der Waals surface area contributed by atoms with Crippen LogP contribution in [0.15, 0.2) is 18.2 Å². The van der Waals surface area contributed by atoms with Crippen LogP contribution >= 0.6 is 11.6 Å². The van der Waals surface area contributed by atoms with Crippen LogP contribution in [0.5, 0.6) is 0 Å². The quantitative estimate of drug-likeness (QED) is 0.849. The van der Waals surface area contributed by atoms with E-state index >= 15 is 0 Å². The number of hydrogen-bond acceptors (Lipinski definition) is 4. The van der Waals surface area contributed by atoms with Crippen LogP contribution in [-0.2, 0) is 0 Å². The average molecular weight is 337 g/mol. The van der Waals surface area contributed by atoms with Crippen LogP contribution in [0.3, 0.4) is 0 Å². The molecule has 0 aliphatic carbocycles. The number of hydrogen-bond donors (Lipinski definition) is 2. The Morgan fingerprint density at radius 3 is 2.78 bits per heavy atom. The molecule has 2 aromatic rings. The summed E-state index contributed by atoms with van der Waals surface area (Å²) in [6, 6.07) is 5.26. The smallest absolute Gasteiger partial charge is 0.271 e. The van der Waals surface area contributed by atoms with Crippen molar-refractivity contribution in [2.45, 2.75) is 39.7 Å². The highest BCUT2D eigenvalue weighted by atomic mass is 35.5. The molecule has 0 fully saturated rings. The summed E-state index contributed by atoms with van der Waals surface area (Å²) in [6.07, 6.45) is 0.915. The summed E-state index contributed by atoms with van der Waals surface area (Å²) in [7, 11) is 0. The van der Waals surface area contributed by atoms with Crippen LogP contribution in [0.4, 0.5) is 0 Å². The summed E-state index contributed by atoms with van der Waals surface area (Å²) < 4.78 is 1.66. The Hall–Kier alpha value is -1.92. The van der Waals surface area contributed by atoms with Crippen molar-refractivity contribution in [3.05, 3.63) is 40.3 Å². The van der Waals surface area contributed by atoms with Gasteiger partial charge in [0, 0.05) is 12.2 Å². The molecule has 0 saturated heterocycles. The van der Waals surface area contributed by atoms with Crippen LogP contribution in [-0.4, -0.2) is 38.4 Å². The maximum absolute atomic E-state index is 12.2. The topological polar surface area (TPSA) is 80.0 Å². The highest BCUT2D eigenvalue weighted by molar-refractivity contribution is 6.33. The molecule has 7 heteroatoms. The fraction of sp³-hybridized carbons (Fsp3) is 0.438. The zero-order valence-electron chi connectivity index (χ0n) is 13.5. The van der Waals surface area contributed by atoms with E-state index in [9.17, 15) is 9.90 Å². The van der Waals surface area contributed by atoms with Crippen molar-refractivity contribution in [1.82, 2.24) is 20.1 Å². The normalized spacial score (nSPS) is 12.2. The molecule has 2 rings (SSSR count). The van der Waals surface area contributed by atoms with Gasteiger partial charge in [0.2, 0.25) is 0 Å². The number of nitrogens with zero attached hydrogens (tertiary/aromatic N) is 3. The molecule has 2 heterocycles. The molecule has 0 saturated carbocycles. The summed E-state index contributed by atoms with van der Waals surface area (Å²) in [4.78, 5) is 16.6. The first-order chi connectivity index (χ1) is 10.9. The first-order valence-corrected chi connectivity index (χ1v) is 7.96. The maximum Gasteiger partial charge on any atom is 0.271 e. The summed E-state index contributed by atoms with van der Waals surface area (Å²) in [5.74, 6) is 0.118. The number of rotatable bonds is 6. The van der Waals surface area contributed by atoms with Gasteiger partial charge in [-0.2, -0.15) is 5.10 Å². The largest absolute Gasteiger partial charge is 0.391 e. The number of nitrogens with one attached hydrogen (secondary N) is 1. The Morgan fingerprint density at radius 2 is 2.17 bits per heavy atom. The molecule has 0 aliphatic heterocycles. The van der Waals surface area contributed by atoms with Crippen molar-refractivity contribution in [2.24, 2.45) is 0 Å². The second kappa shape index (κ2) is 7.57. The van der Waals surface area contributed by atoms with Gasteiger partial charge in [-0.05, 0) is 38.5 Å². The maximum atomic E-state index is 12.2. The second-order valence-electron chi connectivity index (χ2n) is 5.49. The minimum atomic E-state index is -0.568. The molecule has 0 aromatic carbocycles. The van der Waals surface area contributed by atoms with E-state index in [2.05, 4.69) is 15.4 Å². The standard InChI is InChI=1S/C16H21ClN4O2/c1-4-5-12(22)9-18-16(23)15-13(17)6-7-14(19-15)21-11(3)8-10(2)20-21/h6-8,12,22H,4-5,9H2,1-3H3,(H,18,23). The Morgan fingerprint density at radius 1 is 1.43 bits per heavy atom. The van der Waals surface area contributed by atoms with Crippen molar-refractivity contribution in [3.63, 3.8) is 0 Å². The molecular weight excluding hydrogens is 316 g/mol. The van der Waals surface area contributed by atoms with Gasteiger partial charge in [0.25, 0.3) is 5.91 Å². The summed E-state index contributed by atoms with van der Waals surface area (Å²) in [6.45, 7) is 5.95. The number of aryl methyl sites for hydroxylation is 2. The van der Waals surface area contributed by atoms with E-state index in [0.29, 0.717) is 12.2 Å². The van der Waals surface area contributed by atoms with E-state index in [4.69, 9.17) is 11.6 Å². The molecule has 0 radical (unpaired) electrons. The third-order valence-corrected chi connectivity index (χ3v) is 3.70. The minimum absolute atomic E-state index is 0.125. The van der Waals surface area contributed by atoms with Gasteiger partial charge in [0.15, 0.2) is 5.82 Å². The van der Waals surface area contributed by atoms with Crippen molar-refractivity contribution < 1.29 is 9.90 Å². The zero-order chi connectivity index (χ0) is 17.0. The molecule has 0 aliphatic rings. The molecule has 124 valence electrons. The third-order valence-electron chi connectivity index (χ3n) is 3.39. The van der Waals surface area contributed by atoms with E-state index in [1.807, 2.05) is 26.8 Å². The minimum Gasteiger partial charge on any atom is -0.391 e. The summed E-state index contributed by atoms with van der Waals surface area (Å²) in [5.41, 5.74) is 1.91. The van der Waals surface area contributed by atoms with E-state index in [1.165, 1.54) is 0 Å². The van der Waals surface area contributed by atoms with Gasteiger partial charge >= 0.3 is 0 Å². The van der Waals surface area contributed by atoms with Crippen LogP contribution < -0.4 is 5.32 Å². The number of aliphatic hydroxyl groups is 1. The fourth-order valence-electron chi connectivity index (χ4n) is 2.30. The lowest BCUT2D eigenvalue weighted by Crippen LogP contribution is -2.32. The van der Waals surface area contributed by atoms with Crippen LogP contribution in [0.2, 0.25) is 5.02 Å². The lowest BCUT2D eigenvalue weighted by Gasteiger charge is -2.12. The Balaban J connectivity index is 2.20. The molecule has 0 spiro atoms. The van der Waals surface area contributed by atoms with Gasteiger partial charge in [-0.1, -0.05) is 24.9 Å². The molecule has 23 heavy (non-hydrogen) atoms. The van der Waals surface area contributed by atoms with E-state index in [0.717, 1.165) is 17.8 Å². The first-order valence-electron chi connectivity index (χ1n) is 7.58. The lowest BCUT2D eigenvalue weighted by atomic mass is 10.2. The van der Waals surface area contributed by atoms with E-state index in [1.54, 1.807) is 16.8 Å². The number of carbonyl (C=O) groups excluding carboxylic acids is 1. The predicted molar refractivity (Wildman–Crippen MR) is 89.1 cm³/mol. The van der Waals surface area contributed by atoms with Crippen LogP contribution in [0.1, 0.15) is 41.6 Å². The number of aromatic nitrogens is 3. The summed E-state index contributed by atoms with van der Waals surface area (Å²) >= 11 is 6.08. The monoisotopic (exact) mass is 336 g/mol. The fourth-order valence-corrected chi connectivity index (χ4v) is 2.49. The number of aliphatic hydroxyl groups excluding tert-OH is 1. The van der Waals surface area contributed by atoms with Crippen LogP contribution in [0, 0.1) is 13.8 Å². The number of halogens is 1. The SMILES string of the molecule is CCCC(O)CNC(=O)c1nc(-n2nc(C)cc2C)ccc1Cl. The van der Waals surface area contributed by atoms with Gasteiger partial charge in [0.05, 0.1) is 16.8 Å². The second-order valence-corrected chi connectivity index (χ2v) is 5.90. The highest BCUT2D eigenvalue weighted by Crippen LogP contribution is 2.17. The molecule has 0 bridgehead atoms. The van der Waals surface area contributed by atoms with Gasteiger partial charge in [-0.25, -0.2) is 9.67 Å². The van der Waals surface area contributed by atoms with Crippen molar-refractivity contribution in [3.8, 4) is 5.82 Å². The van der Waals surface area contributed by atoms with Crippen molar-refractivity contribution >= 4 is 17.5 Å². The number of carbonyl (C=O) groups is 1. The zero-order valence-corrected chi connectivity index (χ0v) is 14.3. The van der Waals surface area contributed by atoms with Gasteiger partial charge in [-0.15, -0.1) is 0 Å². The molecular formula is C16H21ClN4O2. The molecule has 2 N–H and O–H groups in total. The summed E-state index contributed by atoms with van der Waals surface area (Å²) in [5, 5.41) is 17.0. The van der Waals surface area contributed by atoms with E-state index < -0.39 is 12.0 Å². The van der Waals surface area contributed by atoms with Gasteiger partial charge in [0.1, 0.15) is 5.69 Å². The average Bonchev–Trinajstić information content (AvgIpc) is 2.84. The van der Waals surface area contributed by atoms with Crippen molar-refractivity contribution in [1.29, 1.82) is 0 Å². The van der Waals surface area contributed by atoms with Gasteiger partial charge < -0.3 is 10.4 Å². The van der Waals surface area contributed by atoms with Crippen LogP contribution in [0.25, 0.3) is 5.82 Å². The van der Waals surface area contributed by atoms with E-state index in [-0.39, 0.29) is 17.3 Å². The van der Waals surface area contributed by atoms with Gasteiger partial charge in [-0.3, -0.25) is 4.79 Å². The highest BCUT2D eigenvalue weighted by Gasteiger charge is 2.16. The Labute approximate surface area is 140 Å². The molecule has 1 atom stereocenters. The molecule has 1 unspecified atom stereocenters. The number of pyridine rings is 1. The van der Waals surface area contributed by atoms with Crippen molar-refractivity contribution in [2.75, 3.05) is 6.54 Å². The predicted octanol–water partition coefficient (Wildman–Crippen LogP) is 2.43.